The second-order valence-corrected chi connectivity index (χ2v) is 7.99. The lowest BCUT2D eigenvalue weighted by molar-refractivity contribution is -0.119. The van der Waals surface area contributed by atoms with Crippen LogP contribution >= 0.6 is 23.4 Å². The third-order valence-corrected chi connectivity index (χ3v) is 5.56. The van der Waals surface area contributed by atoms with E-state index in [2.05, 4.69) is 10.3 Å². The van der Waals surface area contributed by atoms with E-state index in [1.54, 1.807) is 45.3 Å². The van der Waals surface area contributed by atoms with Gasteiger partial charge < -0.3 is 10.1 Å². The van der Waals surface area contributed by atoms with E-state index in [-0.39, 0.29) is 11.5 Å². The van der Waals surface area contributed by atoms with Crippen LogP contribution in [0.5, 0.6) is 5.75 Å². The highest BCUT2D eigenvalue weighted by molar-refractivity contribution is 8.00. The number of nitrogens with zero attached hydrogens (tertiary/aromatic N) is 2. The summed E-state index contributed by atoms with van der Waals surface area (Å²) < 4.78 is 6.96. The standard InChI is InChI=1S/C20H20ClN3O3S/c1-11-5-8-17(27-4)16(9-11)24-19(26)14-7-6-13(21)10-15(14)23-20(24)28-12(2)18(25)22-3/h5-10,12H,1-4H3,(H,22,25). The zero-order valence-electron chi connectivity index (χ0n) is 15.9. The molecule has 1 atom stereocenters. The van der Waals surface area contributed by atoms with Crippen molar-refractivity contribution in [2.24, 2.45) is 0 Å². The molecular formula is C20H20ClN3O3S. The number of aryl methyl sites for hydroxylation is 1. The van der Waals surface area contributed by atoms with E-state index in [0.717, 1.165) is 5.56 Å². The minimum atomic E-state index is -0.449. The molecule has 3 rings (SSSR count). The van der Waals surface area contributed by atoms with Crippen LogP contribution in [-0.4, -0.2) is 34.9 Å². The van der Waals surface area contributed by atoms with Crippen molar-refractivity contribution in [3.05, 3.63) is 57.3 Å². The van der Waals surface area contributed by atoms with Gasteiger partial charge in [0.25, 0.3) is 5.56 Å². The number of nitrogens with one attached hydrogen (secondary N) is 1. The number of rotatable bonds is 5. The van der Waals surface area contributed by atoms with Crippen molar-refractivity contribution in [1.29, 1.82) is 0 Å². The SMILES string of the molecule is CNC(=O)C(C)Sc1nc2cc(Cl)ccc2c(=O)n1-c1cc(C)ccc1OC. The zero-order valence-corrected chi connectivity index (χ0v) is 17.5. The third-order valence-electron chi connectivity index (χ3n) is 4.27. The molecule has 0 aliphatic carbocycles. The normalized spacial score (nSPS) is 12.0. The highest BCUT2D eigenvalue weighted by Gasteiger charge is 2.21. The van der Waals surface area contributed by atoms with Gasteiger partial charge in [-0.05, 0) is 49.7 Å². The number of aromatic nitrogens is 2. The minimum absolute atomic E-state index is 0.159. The van der Waals surface area contributed by atoms with E-state index >= 15 is 0 Å². The average molecular weight is 418 g/mol. The van der Waals surface area contributed by atoms with Crippen LogP contribution in [0.4, 0.5) is 0 Å². The van der Waals surface area contributed by atoms with Crippen LogP contribution in [-0.2, 0) is 4.79 Å². The Morgan fingerprint density at radius 1 is 1.29 bits per heavy atom. The number of hydrogen-bond acceptors (Lipinski definition) is 5. The fraction of sp³-hybridized carbons (Fsp3) is 0.250. The molecule has 0 bridgehead atoms. The lowest BCUT2D eigenvalue weighted by Gasteiger charge is -2.18. The molecule has 0 radical (unpaired) electrons. The smallest absolute Gasteiger partial charge is 0.266 e. The summed E-state index contributed by atoms with van der Waals surface area (Å²) in [5, 5.41) is 3.48. The van der Waals surface area contributed by atoms with Gasteiger partial charge in [-0.3, -0.25) is 14.2 Å². The number of hydrogen-bond donors (Lipinski definition) is 1. The number of amides is 1. The molecule has 1 unspecified atom stereocenters. The van der Waals surface area contributed by atoms with Gasteiger partial charge in [0.1, 0.15) is 5.75 Å². The Labute approximate surface area is 171 Å². The van der Waals surface area contributed by atoms with Crippen molar-refractivity contribution >= 4 is 40.2 Å². The number of thioether (sulfide) groups is 1. The molecule has 1 heterocycles. The summed E-state index contributed by atoms with van der Waals surface area (Å²) in [6, 6.07) is 10.5. The van der Waals surface area contributed by atoms with Crippen molar-refractivity contribution < 1.29 is 9.53 Å². The first kappa shape index (κ1) is 20.2. The third kappa shape index (κ3) is 3.86. The Morgan fingerprint density at radius 3 is 2.71 bits per heavy atom. The molecule has 2 aromatic carbocycles. The van der Waals surface area contributed by atoms with Gasteiger partial charge in [-0.2, -0.15) is 0 Å². The lowest BCUT2D eigenvalue weighted by Crippen LogP contribution is -2.29. The molecule has 0 saturated carbocycles. The Morgan fingerprint density at radius 2 is 2.04 bits per heavy atom. The molecule has 28 heavy (non-hydrogen) atoms. The molecule has 0 aliphatic heterocycles. The van der Waals surface area contributed by atoms with Gasteiger partial charge >= 0.3 is 0 Å². The second-order valence-electron chi connectivity index (χ2n) is 6.25. The average Bonchev–Trinajstić information content (AvgIpc) is 2.67. The number of benzene rings is 2. The number of fused-ring (bicyclic) bond motifs is 1. The number of methoxy groups -OCH3 is 1. The molecule has 1 amide bonds. The maximum atomic E-state index is 13.4. The summed E-state index contributed by atoms with van der Waals surface area (Å²) in [5.74, 6) is 0.380. The lowest BCUT2D eigenvalue weighted by atomic mass is 10.2. The van der Waals surface area contributed by atoms with Gasteiger partial charge in [-0.15, -0.1) is 0 Å². The molecule has 6 nitrogen and oxygen atoms in total. The van der Waals surface area contributed by atoms with Crippen molar-refractivity contribution in [1.82, 2.24) is 14.9 Å². The largest absolute Gasteiger partial charge is 0.495 e. The van der Waals surface area contributed by atoms with Gasteiger partial charge in [-0.25, -0.2) is 4.98 Å². The number of carbonyl (C=O) groups excluding carboxylic acids is 1. The quantitative estimate of drug-likeness (QED) is 0.507. The van der Waals surface area contributed by atoms with Crippen LogP contribution in [0.15, 0.2) is 46.3 Å². The maximum Gasteiger partial charge on any atom is 0.266 e. The summed E-state index contributed by atoms with van der Waals surface area (Å²) in [6.07, 6.45) is 0. The van der Waals surface area contributed by atoms with Crippen LogP contribution in [0.1, 0.15) is 12.5 Å². The van der Waals surface area contributed by atoms with Crippen LogP contribution in [0.2, 0.25) is 5.02 Å². The molecule has 0 fully saturated rings. The molecule has 1 N–H and O–H groups in total. The topological polar surface area (TPSA) is 73.2 Å². The molecule has 0 spiro atoms. The van der Waals surface area contributed by atoms with Crippen LogP contribution in [0, 0.1) is 6.92 Å². The second kappa shape index (κ2) is 8.24. The van der Waals surface area contributed by atoms with Crippen LogP contribution in [0.25, 0.3) is 16.6 Å². The number of carbonyl (C=O) groups is 1. The highest BCUT2D eigenvalue weighted by Crippen LogP contribution is 2.30. The summed E-state index contributed by atoms with van der Waals surface area (Å²) in [6.45, 7) is 3.69. The van der Waals surface area contributed by atoms with E-state index in [4.69, 9.17) is 16.3 Å². The zero-order chi connectivity index (χ0) is 20.4. The predicted molar refractivity (Wildman–Crippen MR) is 113 cm³/mol. The Hall–Kier alpha value is -2.51. The first-order chi connectivity index (χ1) is 13.3. The van der Waals surface area contributed by atoms with Crippen molar-refractivity contribution in [3.63, 3.8) is 0 Å². The number of ether oxygens (including phenoxy) is 1. The molecular weight excluding hydrogens is 398 g/mol. The van der Waals surface area contributed by atoms with Crippen molar-refractivity contribution in [2.75, 3.05) is 14.2 Å². The fourth-order valence-corrected chi connectivity index (χ4v) is 3.96. The van der Waals surface area contributed by atoms with Gasteiger partial charge in [-0.1, -0.05) is 29.4 Å². The van der Waals surface area contributed by atoms with Gasteiger partial charge in [0.15, 0.2) is 5.16 Å². The van der Waals surface area contributed by atoms with Crippen molar-refractivity contribution in [2.45, 2.75) is 24.3 Å². The van der Waals surface area contributed by atoms with Crippen molar-refractivity contribution in [3.8, 4) is 11.4 Å². The van der Waals surface area contributed by atoms with E-state index in [1.807, 2.05) is 19.1 Å². The van der Waals surface area contributed by atoms with Gasteiger partial charge in [0.2, 0.25) is 5.91 Å². The first-order valence-electron chi connectivity index (χ1n) is 8.61. The summed E-state index contributed by atoms with van der Waals surface area (Å²) >= 11 is 7.29. The van der Waals surface area contributed by atoms with E-state index in [1.165, 1.54) is 16.3 Å². The van der Waals surface area contributed by atoms with E-state index in [9.17, 15) is 9.59 Å². The molecule has 146 valence electrons. The predicted octanol–water partition coefficient (Wildman–Crippen LogP) is 3.58. The fourth-order valence-electron chi connectivity index (χ4n) is 2.82. The monoisotopic (exact) mass is 417 g/mol. The molecule has 8 heteroatoms. The summed E-state index contributed by atoms with van der Waals surface area (Å²) in [7, 11) is 3.12. The Kier molecular flexibility index (Phi) is 5.96. The van der Waals surface area contributed by atoms with Gasteiger partial charge in [0.05, 0.1) is 29.0 Å². The maximum absolute atomic E-state index is 13.4. The van der Waals surface area contributed by atoms with Crippen LogP contribution < -0.4 is 15.6 Å². The minimum Gasteiger partial charge on any atom is -0.495 e. The Bertz CT molecular complexity index is 1110. The summed E-state index contributed by atoms with van der Waals surface area (Å²) in [5.41, 5.74) is 1.77. The van der Waals surface area contributed by atoms with E-state index < -0.39 is 5.25 Å². The first-order valence-corrected chi connectivity index (χ1v) is 9.87. The molecule has 0 aliphatic rings. The van der Waals surface area contributed by atoms with E-state index in [0.29, 0.717) is 32.5 Å². The molecule has 0 saturated heterocycles. The molecule has 1 aromatic heterocycles. The Balaban J connectivity index is 2.33. The van der Waals surface area contributed by atoms with Crippen LogP contribution in [0.3, 0.4) is 0 Å². The molecule has 3 aromatic rings. The summed E-state index contributed by atoms with van der Waals surface area (Å²) in [4.78, 5) is 30.1. The van der Waals surface area contributed by atoms with Gasteiger partial charge in [0, 0.05) is 12.1 Å². The number of halogens is 1. The highest BCUT2D eigenvalue weighted by atomic mass is 35.5.